The fourth-order valence-electron chi connectivity index (χ4n) is 2.73. The Morgan fingerprint density at radius 1 is 1.41 bits per heavy atom. The molecule has 0 unspecified atom stereocenters. The van der Waals surface area contributed by atoms with Crippen molar-refractivity contribution in [3.05, 3.63) is 0 Å². The van der Waals surface area contributed by atoms with Gasteiger partial charge in [0.25, 0.3) is 0 Å². The highest BCUT2D eigenvalue weighted by atomic mass is 19.4. The SMILES string of the molecule is C[C@@H](O)CN1CCC(CN(C)CC(=O)NCC(F)(F)F)CC1. The third-order valence-corrected chi connectivity index (χ3v) is 3.70. The van der Waals surface area contributed by atoms with Crippen LogP contribution in [0.15, 0.2) is 0 Å². The maximum absolute atomic E-state index is 12.0. The molecule has 0 aliphatic carbocycles. The van der Waals surface area contributed by atoms with Gasteiger partial charge in [-0.1, -0.05) is 0 Å². The van der Waals surface area contributed by atoms with Crippen molar-refractivity contribution in [1.82, 2.24) is 15.1 Å². The van der Waals surface area contributed by atoms with Gasteiger partial charge < -0.3 is 15.3 Å². The highest BCUT2D eigenvalue weighted by molar-refractivity contribution is 5.78. The lowest BCUT2D eigenvalue weighted by molar-refractivity contribution is -0.139. The van der Waals surface area contributed by atoms with Gasteiger partial charge in [0.2, 0.25) is 5.91 Å². The number of aliphatic hydroxyl groups is 1. The summed E-state index contributed by atoms with van der Waals surface area (Å²) >= 11 is 0. The second-order valence-corrected chi connectivity index (χ2v) is 6.18. The number of nitrogens with one attached hydrogen (secondary N) is 1. The molecule has 1 rings (SSSR count). The molecule has 5 nitrogen and oxygen atoms in total. The lowest BCUT2D eigenvalue weighted by Crippen LogP contribution is -2.43. The zero-order chi connectivity index (χ0) is 16.8. The molecule has 1 atom stereocenters. The van der Waals surface area contributed by atoms with Gasteiger partial charge in [-0.3, -0.25) is 9.69 Å². The predicted molar refractivity (Wildman–Crippen MR) is 77.4 cm³/mol. The molecule has 1 amide bonds. The van der Waals surface area contributed by atoms with Crippen LogP contribution in [0.25, 0.3) is 0 Å². The van der Waals surface area contributed by atoms with E-state index in [1.54, 1.807) is 18.9 Å². The maximum Gasteiger partial charge on any atom is 0.405 e. The highest BCUT2D eigenvalue weighted by Gasteiger charge is 2.28. The number of piperidine rings is 1. The highest BCUT2D eigenvalue weighted by Crippen LogP contribution is 2.18. The molecule has 130 valence electrons. The molecule has 1 fully saturated rings. The molecule has 0 aromatic rings. The number of alkyl halides is 3. The Morgan fingerprint density at radius 2 is 2.00 bits per heavy atom. The Balaban J connectivity index is 2.20. The Morgan fingerprint density at radius 3 is 2.50 bits per heavy atom. The van der Waals surface area contributed by atoms with Crippen molar-refractivity contribution in [2.24, 2.45) is 5.92 Å². The average Bonchev–Trinajstić information content (AvgIpc) is 2.37. The quantitative estimate of drug-likeness (QED) is 0.723. The number of hydrogen-bond acceptors (Lipinski definition) is 4. The first-order valence-corrected chi connectivity index (χ1v) is 7.58. The Hall–Kier alpha value is -0.860. The van der Waals surface area contributed by atoms with Gasteiger partial charge in [0, 0.05) is 13.1 Å². The number of halogens is 3. The summed E-state index contributed by atoms with van der Waals surface area (Å²) in [5, 5.41) is 11.2. The number of β-amino-alcohol motifs (C(OH)–C–C–N with tert-alkyl or cyclic N) is 1. The first-order chi connectivity index (χ1) is 10.2. The molecule has 1 saturated heterocycles. The molecule has 22 heavy (non-hydrogen) atoms. The van der Waals surface area contributed by atoms with E-state index in [0.29, 0.717) is 19.0 Å². The molecule has 1 aliphatic rings. The molecule has 0 bridgehead atoms. The molecule has 2 N–H and O–H groups in total. The molecule has 0 spiro atoms. The topological polar surface area (TPSA) is 55.8 Å². The molecule has 0 aromatic heterocycles. The van der Waals surface area contributed by atoms with Gasteiger partial charge in [0.15, 0.2) is 0 Å². The number of likely N-dealkylation sites (tertiary alicyclic amines) is 1. The Kier molecular flexibility index (Phi) is 7.58. The summed E-state index contributed by atoms with van der Waals surface area (Å²) in [7, 11) is 1.75. The second-order valence-electron chi connectivity index (χ2n) is 6.18. The number of nitrogens with zero attached hydrogens (tertiary/aromatic N) is 2. The first kappa shape index (κ1) is 19.2. The first-order valence-electron chi connectivity index (χ1n) is 7.58. The summed E-state index contributed by atoms with van der Waals surface area (Å²) in [5.74, 6) is -0.169. The number of amides is 1. The van der Waals surface area contributed by atoms with Gasteiger partial charge in [0.05, 0.1) is 12.6 Å². The van der Waals surface area contributed by atoms with E-state index < -0.39 is 18.6 Å². The summed E-state index contributed by atoms with van der Waals surface area (Å²) in [4.78, 5) is 15.4. The smallest absolute Gasteiger partial charge is 0.392 e. The van der Waals surface area contributed by atoms with Crippen molar-refractivity contribution in [3.8, 4) is 0 Å². The molecular weight excluding hydrogens is 299 g/mol. The van der Waals surface area contributed by atoms with E-state index in [1.807, 2.05) is 5.32 Å². The minimum atomic E-state index is -4.37. The number of aliphatic hydroxyl groups excluding tert-OH is 1. The van der Waals surface area contributed by atoms with Gasteiger partial charge in [-0.2, -0.15) is 13.2 Å². The fraction of sp³-hybridized carbons (Fsp3) is 0.929. The molecular formula is C14H26F3N3O2. The molecule has 0 radical (unpaired) electrons. The van der Waals surface area contributed by atoms with E-state index in [2.05, 4.69) is 4.90 Å². The van der Waals surface area contributed by atoms with Crippen molar-refractivity contribution in [3.63, 3.8) is 0 Å². The van der Waals surface area contributed by atoms with E-state index in [-0.39, 0.29) is 12.6 Å². The van der Waals surface area contributed by atoms with Crippen molar-refractivity contribution in [2.75, 3.05) is 46.3 Å². The summed E-state index contributed by atoms with van der Waals surface area (Å²) < 4.78 is 36.0. The van der Waals surface area contributed by atoms with Crippen LogP contribution >= 0.6 is 0 Å². The van der Waals surface area contributed by atoms with E-state index >= 15 is 0 Å². The van der Waals surface area contributed by atoms with Crippen LogP contribution in [0, 0.1) is 5.92 Å². The number of carbonyl (C=O) groups is 1. The van der Waals surface area contributed by atoms with E-state index in [9.17, 15) is 23.1 Å². The van der Waals surface area contributed by atoms with Gasteiger partial charge in [-0.25, -0.2) is 0 Å². The van der Waals surface area contributed by atoms with Crippen LogP contribution < -0.4 is 5.32 Å². The van der Waals surface area contributed by atoms with Crippen molar-refractivity contribution in [1.29, 1.82) is 0 Å². The summed E-state index contributed by atoms with van der Waals surface area (Å²) in [6.45, 7) is 3.64. The lowest BCUT2D eigenvalue weighted by Gasteiger charge is -2.34. The maximum atomic E-state index is 12.0. The molecule has 1 heterocycles. The Bertz CT molecular complexity index is 343. The van der Waals surface area contributed by atoms with Gasteiger partial charge >= 0.3 is 6.18 Å². The number of carbonyl (C=O) groups excluding carboxylic acids is 1. The van der Waals surface area contributed by atoms with Gasteiger partial charge in [0.1, 0.15) is 6.54 Å². The summed E-state index contributed by atoms with van der Waals surface area (Å²) in [6, 6.07) is 0. The zero-order valence-corrected chi connectivity index (χ0v) is 13.2. The van der Waals surface area contributed by atoms with E-state index in [0.717, 1.165) is 25.9 Å². The summed E-state index contributed by atoms with van der Waals surface area (Å²) in [6.07, 6.45) is -2.76. The number of rotatable bonds is 7. The largest absolute Gasteiger partial charge is 0.405 e. The normalized spacial score (nSPS) is 19.4. The molecule has 0 saturated carbocycles. The van der Waals surface area contributed by atoms with Crippen LogP contribution in [-0.4, -0.2) is 79.4 Å². The minimum absolute atomic E-state index is 0.0238. The number of likely N-dealkylation sites (N-methyl/N-ethyl adjacent to an activating group) is 1. The van der Waals surface area contributed by atoms with Crippen LogP contribution in [0.1, 0.15) is 19.8 Å². The summed E-state index contributed by atoms with van der Waals surface area (Å²) in [5.41, 5.74) is 0. The van der Waals surface area contributed by atoms with Gasteiger partial charge in [-0.05, 0) is 45.8 Å². The predicted octanol–water partition coefficient (Wildman–Crippen LogP) is 0.689. The van der Waals surface area contributed by atoms with Crippen molar-refractivity contribution >= 4 is 5.91 Å². The molecule has 8 heteroatoms. The minimum Gasteiger partial charge on any atom is -0.392 e. The van der Waals surface area contributed by atoms with Crippen LogP contribution in [0.5, 0.6) is 0 Å². The molecule has 0 aromatic carbocycles. The third kappa shape index (κ3) is 8.55. The van der Waals surface area contributed by atoms with E-state index in [4.69, 9.17) is 0 Å². The standard InChI is InChI=1S/C14H26F3N3O2/c1-11(21)7-20-5-3-12(4-6-20)8-19(2)9-13(22)18-10-14(15,16)17/h11-12,21H,3-10H2,1-2H3,(H,18,22)/t11-/m1/s1. The molecule has 1 aliphatic heterocycles. The zero-order valence-electron chi connectivity index (χ0n) is 13.2. The van der Waals surface area contributed by atoms with Crippen molar-refractivity contribution in [2.45, 2.75) is 32.0 Å². The fourth-order valence-corrected chi connectivity index (χ4v) is 2.73. The lowest BCUT2D eigenvalue weighted by atomic mass is 9.96. The third-order valence-electron chi connectivity index (χ3n) is 3.70. The van der Waals surface area contributed by atoms with Crippen LogP contribution in [-0.2, 0) is 4.79 Å². The Labute approximate surface area is 129 Å². The van der Waals surface area contributed by atoms with Crippen LogP contribution in [0.2, 0.25) is 0 Å². The van der Waals surface area contributed by atoms with Crippen LogP contribution in [0.4, 0.5) is 13.2 Å². The second kappa shape index (κ2) is 8.69. The average molecular weight is 325 g/mol. The van der Waals surface area contributed by atoms with Crippen LogP contribution in [0.3, 0.4) is 0 Å². The van der Waals surface area contributed by atoms with E-state index in [1.165, 1.54) is 0 Å². The number of hydrogen-bond donors (Lipinski definition) is 2. The monoisotopic (exact) mass is 325 g/mol. The van der Waals surface area contributed by atoms with Gasteiger partial charge in [-0.15, -0.1) is 0 Å². The van der Waals surface area contributed by atoms with Crippen molar-refractivity contribution < 1.29 is 23.1 Å².